The van der Waals surface area contributed by atoms with Crippen LogP contribution in [0.3, 0.4) is 0 Å². The van der Waals surface area contributed by atoms with Crippen LogP contribution in [0.2, 0.25) is 10.0 Å². The predicted octanol–water partition coefficient (Wildman–Crippen LogP) is 3.55. The summed E-state index contributed by atoms with van der Waals surface area (Å²) in [5, 5.41) is 2.93. The van der Waals surface area contributed by atoms with Gasteiger partial charge in [0.25, 0.3) is 17.7 Å². The van der Waals surface area contributed by atoms with E-state index in [0.29, 0.717) is 0 Å². The van der Waals surface area contributed by atoms with Gasteiger partial charge in [-0.25, -0.2) is 4.79 Å². The number of nitrogens with one attached hydrogen (secondary N) is 1. The second-order valence-electron chi connectivity index (χ2n) is 6.37. The zero-order valence-electron chi connectivity index (χ0n) is 15.4. The van der Waals surface area contributed by atoms with E-state index in [4.69, 9.17) is 27.9 Å². The average molecular weight is 435 g/mol. The van der Waals surface area contributed by atoms with Gasteiger partial charge in [-0.15, -0.1) is 0 Å². The minimum Gasteiger partial charge on any atom is -0.451 e. The molecule has 1 aliphatic rings. The van der Waals surface area contributed by atoms with Gasteiger partial charge in [-0.05, 0) is 38.1 Å². The number of hydrogen-bond acceptors (Lipinski definition) is 5. The number of imide groups is 1. The molecule has 3 amide bonds. The average Bonchev–Trinajstić information content (AvgIpc) is 2.95. The van der Waals surface area contributed by atoms with Gasteiger partial charge in [0, 0.05) is 0 Å². The number of fused-ring (bicyclic) bond motifs is 1. The van der Waals surface area contributed by atoms with Crippen molar-refractivity contribution in [3.63, 3.8) is 0 Å². The van der Waals surface area contributed by atoms with Crippen molar-refractivity contribution in [3.05, 3.63) is 63.6 Å². The van der Waals surface area contributed by atoms with E-state index in [9.17, 15) is 19.2 Å². The van der Waals surface area contributed by atoms with Crippen molar-refractivity contribution in [2.75, 3.05) is 5.32 Å². The summed E-state index contributed by atoms with van der Waals surface area (Å²) in [7, 11) is 0. The first kappa shape index (κ1) is 20.8. The molecular weight excluding hydrogens is 419 g/mol. The normalized spacial score (nSPS) is 15.0. The topological polar surface area (TPSA) is 92.8 Å². The molecule has 2 aromatic carbocycles. The maximum atomic E-state index is 12.5. The molecule has 1 aliphatic heterocycles. The number of nitrogens with zero attached hydrogens (tertiary/aromatic N) is 1. The van der Waals surface area contributed by atoms with Crippen LogP contribution in [-0.4, -0.2) is 40.7 Å². The lowest BCUT2D eigenvalue weighted by Crippen LogP contribution is -2.45. The molecule has 0 spiro atoms. The Bertz CT molecular complexity index is 989. The van der Waals surface area contributed by atoms with Crippen LogP contribution in [0.1, 0.15) is 34.6 Å². The fourth-order valence-electron chi connectivity index (χ4n) is 2.83. The highest BCUT2D eigenvalue weighted by Crippen LogP contribution is 2.30. The Hall–Kier alpha value is -2.90. The molecule has 150 valence electrons. The van der Waals surface area contributed by atoms with Gasteiger partial charge < -0.3 is 10.1 Å². The summed E-state index contributed by atoms with van der Waals surface area (Å²) in [6.07, 6.45) is -1.20. The summed E-state index contributed by atoms with van der Waals surface area (Å²) in [6, 6.07) is 9.79. The first-order valence-corrected chi connectivity index (χ1v) is 9.40. The van der Waals surface area contributed by atoms with Gasteiger partial charge in [0.15, 0.2) is 6.10 Å². The van der Waals surface area contributed by atoms with Crippen LogP contribution >= 0.6 is 23.2 Å². The first-order valence-electron chi connectivity index (χ1n) is 8.64. The predicted molar refractivity (Wildman–Crippen MR) is 107 cm³/mol. The van der Waals surface area contributed by atoms with E-state index in [0.717, 1.165) is 4.90 Å². The van der Waals surface area contributed by atoms with Gasteiger partial charge in [-0.1, -0.05) is 41.4 Å². The first-order chi connectivity index (χ1) is 13.7. The highest BCUT2D eigenvalue weighted by atomic mass is 35.5. The van der Waals surface area contributed by atoms with Crippen molar-refractivity contribution in [1.29, 1.82) is 0 Å². The third-order valence-corrected chi connectivity index (χ3v) is 5.24. The monoisotopic (exact) mass is 434 g/mol. The third kappa shape index (κ3) is 3.97. The van der Waals surface area contributed by atoms with E-state index in [2.05, 4.69) is 5.32 Å². The number of rotatable bonds is 5. The molecule has 0 aliphatic carbocycles. The third-order valence-electron chi connectivity index (χ3n) is 4.43. The van der Waals surface area contributed by atoms with E-state index in [1.165, 1.54) is 26.0 Å². The number of amides is 3. The fraction of sp³-hybridized carbons (Fsp3) is 0.200. The smallest absolute Gasteiger partial charge is 0.329 e. The lowest BCUT2D eigenvalue weighted by atomic mass is 10.1. The number of halogens is 2. The van der Waals surface area contributed by atoms with E-state index in [-0.39, 0.29) is 26.9 Å². The molecule has 29 heavy (non-hydrogen) atoms. The molecule has 0 saturated carbocycles. The molecule has 3 rings (SSSR count). The maximum Gasteiger partial charge on any atom is 0.329 e. The number of esters is 1. The molecule has 0 bridgehead atoms. The van der Waals surface area contributed by atoms with Gasteiger partial charge in [-0.3, -0.25) is 19.3 Å². The van der Waals surface area contributed by atoms with Gasteiger partial charge >= 0.3 is 5.97 Å². The number of ether oxygens (including phenoxy) is 1. The molecule has 0 fully saturated rings. The molecule has 2 atom stereocenters. The Morgan fingerprint density at radius 2 is 1.55 bits per heavy atom. The quantitative estimate of drug-likeness (QED) is 0.573. The minimum atomic E-state index is -1.20. The molecule has 0 aromatic heterocycles. The lowest BCUT2D eigenvalue weighted by molar-refractivity contribution is -0.156. The number of carbonyl (C=O) groups excluding carboxylic acids is 4. The van der Waals surface area contributed by atoms with Crippen LogP contribution in [0.25, 0.3) is 0 Å². The largest absolute Gasteiger partial charge is 0.451 e. The summed E-state index contributed by atoms with van der Waals surface area (Å²) in [5.74, 6) is -2.70. The maximum absolute atomic E-state index is 12.5. The Morgan fingerprint density at radius 1 is 0.966 bits per heavy atom. The van der Waals surface area contributed by atoms with Gasteiger partial charge in [0.2, 0.25) is 0 Å². The Morgan fingerprint density at radius 3 is 2.14 bits per heavy atom. The number of hydrogen-bond donors (Lipinski definition) is 1. The summed E-state index contributed by atoms with van der Waals surface area (Å²) < 4.78 is 5.15. The van der Waals surface area contributed by atoms with Crippen LogP contribution in [-0.2, 0) is 14.3 Å². The highest BCUT2D eigenvalue weighted by molar-refractivity contribution is 6.44. The van der Waals surface area contributed by atoms with E-state index >= 15 is 0 Å². The zero-order valence-corrected chi connectivity index (χ0v) is 17.0. The summed E-state index contributed by atoms with van der Waals surface area (Å²) in [4.78, 5) is 50.6. The molecule has 1 N–H and O–H groups in total. The van der Waals surface area contributed by atoms with E-state index in [1.807, 2.05) is 0 Å². The Kier molecular flexibility index (Phi) is 5.91. The number of anilines is 1. The van der Waals surface area contributed by atoms with Gasteiger partial charge in [-0.2, -0.15) is 0 Å². The molecule has 0 saturated heterocycles. The van der Waals surface area contributed by atoms with Crippen molar-refractivity contribution in [1.82, 2.24) is 4.90 Å². The SMILES string of the molecule is CC(OC(=O)C(C)N1C(=O)c2ccccc2C1=O)C(=O)Nc1cccc(Cl)c1Cl. The molecule has 2 aromatic rings. The molecule has 0 radical (unpaired) electrons. The second kappa shape index (κ2) is 8.23. The zero-order chi connectivity index (χ0) is 21.3. The molecular formula is C20H16Cl2N2O5. The Labute approximate surface area is 176 Å². The van der Waals surface area contributed by atoms with E-state index < -0.39 is 35.8 Å². The van der Waals surface area contributed by atoms with Crippen LogP contribution in [0.15, 0.2) is 42.5 Å². The summed E-state index contributed by atoms with van der Waals surface area (Å²) in [6.45, 7) is 2.73. The van der Waals surface area contributed by atoms with Crippen LogP contribution < -0.4 is 5.32 Å². The van der Waals surface area contributed by atoms with Crippen molar-refractivity contribution in [3.8, 4) is 0 Å². The van der Waals surface area contributed by atoms with E-state index in [1.54, 1.807) is 30.3 Å². The fourth-order valence-corrected chi connectivity index (χ4v) is 3.17. The minimum absolute atomic E-state index is 0.153. The van der Waals surface area contributed by atoms with Crippen LogP contribution in [0.5, 0.6) is 0 Å². The Balaban J connectivity index is 1.67. The number of benzene rings is 2. The van der Waals surface area contributed by atoms with Gasteiger partial charge in [0.1, 0.15) is 6.04 Å². The standard InChI is InChI=1S/C20H16Cl2N2O5/c1-10(24-18(26)12-6-3-4-7-13(12)19(24)27)20(28)29-11(2)17(25)23-15-9-5-8-14(21)16(15)22/h3-11H,1-2H3,(H,23,25). The highest BCUT2D eigenvalue weighted by Gasteiger charge is 2.41. The van der Waals surface area contributed by atoms with Crippen LogP contribution in [0.4, 0.5) is 5.69 Å². The molecule has 9 heteroatoms. The summed E-state index contributed by atoms with van der Waals surface area (Å²) >= 11 is 11.9. The van der Waals surface area contributed by atoms with Crippen molar-refractivity contribution in [2.24, 2.45) is 0 Å². The molecule has 7 nitrogen and oxygen atoms in total. The van der Waals surface area contributed by atoms with Crippen LogP contribution in [0, 0.1) is 0 Å². The van der Waals surface area contributed by atoms with Crippen molar-refractivity contribution < 1.29 is 23.9 Å². The lowest BCUT2D eigenvalue weighted by Gasteiger charge is -2.23. The van der Waals surface area contributed by atoms with Crippen molar-refractivity contribution in [2.45, 2.75) is 26.0 Å². The second-order valence-corrected chi connectivity index (χ2v) is 7.16. The van der Waals surface area contributed by atoms with Crippen molar-refractivity contribution >= 4 is 52.6 Å². The molecule has 1 heterocycles. The summed E-state index contributed by atoms with van der Waals surface area (Å²) in [5.41, 5.74) is 0.706. The van der Waals surface area contributed by atoms with Gasteiger partial charge in [0.05, 0.1) is 26.9 Å². The molecule has 2 unspecified atom stereocenters. The number of carbonyl (C=O) groups is 4.